The van der Waals surface area contributed by atoms with E-state index in [0.29, 0.717) is 0 Å². The van der Waals surface area contributed by atoms with Crippen LogP contribution < -0.4 is 5.32 Å². The summed E-state index contributed by atoms with van der Waals surface area (Å²) < 4.78 is 0. The van der Waals surface area contributed by atoms with Crippen molar-refractivity contribution in [2.75, 3.05) is 7.05 Å². The Morgan fingerprint density at radius 1 is 1.27 bits per heavy atom. The lowest BCUT2D eigenvalue weighted by Crippen LogP contribution is -2.23. The fourth-order valence-electron chi connectivity index (χ4n) is 3.23. The van der Waals surface area contributed by atoms with Crippen molar-refractivity contribution < 1.29 is 0 Å². The van der Waals surface area contributed by atoms with E-state index in [1.165, 1.54) is 38.5 Å². The minimum absolute atomic E-state index is 0.807. The molecule has 15 heavy (non-hydrogen) atoms. The fraction of sp³-hybridized carbons (Fsp3) is 1.00. The SMILES string of the molecule is CCC[C@H](CC(C)C)C1CCC(NC)C1. The Hall–Kier alpha value is -0.0400. The Kier molecular flexibility index (Phi) is 5.66. The molecule has 0 aliphatic heterocycles. The molecule has 1 fully saturated rings. The van der Waals surface area contributed by atoms with E-state index in [0.717, 1.165) is 23.8 Å². The maximum absolute atomic E-state index is 3.44. The predicted octanol–water partition coefficient (Wildman–Crippen LogP) is 3.84. The summed E-state index contributed by atoms with van der Waals surface area (Å²) in [5.41, 5.74) is 0. The first-order valence-corrected chi connectivity index (χ1v) is 6.84. The summed E-state index contributed by atoms with van der Waals surface area (Å²) in [6.07, 6.45) is 8.53. The van der Waals surface area contributed by atoms with Gasteiger partial charge in [0.1, 0.15) is 0 Å². The molecule has 2 unspecified atom stereocenters. The molecule has 0 saturated heterocycles. The molecule has 90 valence electrons. The lowest BCUT2D eigenvalue weighted by molar-refractivity contribution is 0.263. The maximum Gasteiger partial charge on any atom is 0.00669 e. The second kappa shape index (κ2) is 6.52. The van der Waals surface area contributed by atoms with Crippen molar-refractivity contribution >= 4 is 0 Å². The highest BCUT2D eigenvalue weighted by molar-refractivity contribution is 4.84. The van der Waals surface area contributed by atoms with Gasteiger partial charge in [-0.05, 0) is 50.5 Å². The highest BCUT2D eigenvalue weighted by Gasteiger charge is 2.29. The lowest BCUT2D eigenvalue weighted by atomic mass is 9.81. The van der Waals surface area contributed by atoms with Gasteiger partial charge in [0.25, 0.3) is 0 Å². The van der Waals surface area contributed by atoms with Crippen LogP contribution in [0.5, 0.6) is 0 Å². The molecule has 1 saturated carbocycles. The number of hydrogen-bond acceptors (Lipinski definition) is 1. The van der Waals surface area contributed by atoms with Crippen LogP contribution in [0.3, 0.4) is 0 Å². The van der Waals surface area contributed by atoms with E-state index in [1.807, 2.05) is 0 Å². The van der Waals surface area contributed by atoms with Crippen LogP contribution in [0.1, 0.15) is 59.3 Å². The highest BCUT2D eigenvalue weighted by atomic mass is 14.9. The van der Waals surface area contributed by atoms with Crippen molar-refractivity contribution in [2.24, 2.45) is 17.8 Å². The van der Waals surface area contributed by atoms with E-state index in [2.05, 4.69) is 33.1 Å². The average molecular weight is 211 g/mol. The highest BCUT2D eigenvalue weighted by Crippen LogP contribution is 2.37. The van der Waals surface area contributed by atoms with Crippen LogP contribution in [0, 0.1) is 17.8 Å². The van der Waals surface area contributed by atoms with E-state index in [1.54, 1.807) is 0 Å². The average Bonchev–Trinajstić information content (AvgIpc) is 2.64. The van der Waals surface area contributed by atoms with Gasteiger partial charge in [0.15, 0.2) is 0 Å². The molecular formula is C14H29N. The lowest BCUT2D eigenvalue weighted by Gasteiger charge is -2.25. The largest absolute Gasteiger partial charge is 0.317 e. The molecule has 1 nitrogen and oxygen atoms in total. The smallest absolute Gasteiger partial charge is 0.00669 e. The first-order chi connectivity index (χ1) is 7.17. The van der Waals surface area contributed by atoms with Crippen LogP contribution in [0.4, 0.5) is 0 Å². The van der Waals surface area contributed by atoms with Gasteiger partial charge < -0.3 is 5.32 Å². The van der Waals surface area contributed by atoms with Gasteiger partial charge in [-0.1, -0.05) is 33.6 Å². The zero-order valence-electron chi connectivity index (χ0n) is 11.1. The summed E-state index contributed by atoms with van der Waals surface area (Å²) in [4.78, 5) is 0. The van der Waals surface area contributed by atoms with Gasteiger partial charge in [0, 0.05) is 6.04 Å². The Labute approximate surface area is 96.0 Å². The van der Waals surface area contributed by atoms with Crippen LogP contribution in [-0.4, -0.2) is 13.1 Å². The molecule has 0 heterocycles. The summed E-state index contributed by atoms with van der Waals surface area (Å²) in [5, 5.41) is 3.44. The second-order valence-electron chi connectivity index (χ2n) is 5.74. The van der Waals surface area contributed by atoms with Gasteiger partial charge in [-0.15, -0.1) is 0 Å². The molecule has 0 radical (unpaired) electrons. The van der Waals surface area contributed by atoms with Crippen molar-refractivity contribution in [1.82, 2.24) is 5.32 Å². The first-order valence-electron chi connectivity index (χ1n) is 6.84. The van der Waals surface area contributed by atoms with Crippen molar-refractivity contribution in [1.29, 1.82) is 0 Å². The second-order valence-corrected chi connectivity index (χ2v) is 5.74. The number of hydrogen-bond donors (Lipinski definition) is 1. The monoisotopic (exact) mass is 211 g/mol. The van der Waals surface area contributed by atoms with Gasteiger partial charge in [-0.3, -0.25) is 0 Å². The Bertz CT molecular complexity index is 165. The van der Waals surface area contributed by atoms with Crippen LogP contribution in [-0.2, 0) is 0 Å². The minimum atomic E-state index is 0.807. The molecule has 0 spiro atoms. The zero-order valence-corrected chi connectivity index (χ0v) is 11.1. The summed E-state index contributed by atoms with van der Waals surface area (Å²) in [7, 11) is 2.12. The van der Waals surface area contributed by atoms with E-state index in [4.69, 9.17) is 0 Å². The normalized spacial score (nSPS) is 28.6. The third kappa shape index (κ3) is 4.14. The minimum Gasteiger partial charge on any atom is -0.317 e. The standard InChI is InChI=1S/C14H29N/c1-5-6-12(9-11(2)3)13-7-8-14(10-13)15-4/h11-15H,5-10H2,1-4H3/t12-,13?,14?/m1/s1. The van der Waals surface area contributed by atoms with Gasteiger partial charge in [-0.2, -0.15) is 0 Å². The number of rotatable bonds is 6. The van der Waals surface area contributed by atoms with Gasteiger partial charge in [-0.25, -0.2) is 0 Å². The summed E-state index contributed by atoms with van der Waals surface area (Å²) >= 11 is 0. The molecule has 1 heteroatoms. The third-order valence-electron chi connectivity index (χ3n) is 3.98. The number of nitrogens with one attached hydrogen (secondary N) is 1. The molecule has 0 amide bonds. The predicted molar refractivity (Wildman–Crippen MR) is 68.0 cm³/mol. The Morgan fingerprint density at radius 3 is 2.47 bits per heavy atom. The summed E-state index contributed by atoms with van der Waals surface area (Å²) in [6.45, 7) is 7.07. The van der Waals surface area contributed by atoms with Gasteiger partial charge in [0.2, 0.25) is 0 Å². The molecule has 0 aromatic rings. The van der Waals surface area contributed by atoms with Crippen LogP contribution in [0.25, 0.3) is 0 Å². The molecule has 3 atom stereocenters. The van der Waals surface area contributed by atoms with Crippen LogP contribution in [0.15, 0.2) is 0 Å². The Balaban J connectivity index is 2.42. The first kappa shape index (κ1) is 13.0. The van der Waals surface area contributed by atoms with Crippen molar-refractivity contribution in [3.8, 4) is 0 Å². The molecule has 1 N–H and O–H groups in total. The zero-order chi connectivity index (χ0) is 11.3. The molecule has 0 aromatic carbocycles. The molecule has 0 bridgehead atoms. The van der Waals surface area contributed by atoms with E-state index >= 15 is 0 Å². The van der Waals surface area contributed by atoms with Crippen molar-refractivity contribution in [3.05, 3.63) is 0 Å². The van der Waals surface area contributed by atoms with Gasteiger partial charge >= 0.3 is 0 Å². The van der Waals surface area contributed by atoms with Crippen LogP contribution >= 0.6 is 0 Å². The van der Waals surface area contributed by atoms with E-state index in [9.17, 15) is 0 Å². The van der Waals surface area contributed by atoms with Crippen LogP contribution in [0.2, 0.25) is 0 Å². The summed E-state index contributed by atoms with van der Waals surface area (Å²) in [5.74, 6) is 2.87. The van der Waals surface area contributed by atoms with Gasteiger partial charge in [0.05, 0.1) is 0 Å². The topological polar surface area (TPSA) is 12.0 Å². The molecule has 1 aliphatic carbocycles. The fourth-order valence-corrected chi connectivity index (χ4v) is 3.23. The molecular weight excluding hydrogens is 182 g/mol. The van der Waals surface area contributed by atoms with Crippen molar-refractivity contribution in [3.63, 3.8) is 0 Å². The van der Waals surface area contributed by atoms with E-state index < -0.39 is 0 Å². The molecule has 1 rings (SSSR count). The Morgan fingerprint density at radius 2 is 2.00 bits per heavy atom. The van der Waals surface area contributed by atoms with Crippen molar-refractivity contribution in [2.45, 2.75) is 65.3 Å². The quantitative estimate of drug-likeness (QED) is 0.704. The molecule has 1 aliphatic rings. The maximum atomic E-state index is 3.44. The third-order valence-corrected chi connectivity index (χ3v) is 3.98. The van der Waals surface area contributed by atoms with E-state index in [-0.39, 0.29) is 0 Å². The molecule has 0 aromatic heterocycles. The summed E-state index contributed by atoms with van der Waals surface area (Å²) in [6, 6.07) is 0.807.